The third kappa shape index (κ3) is 2.73. The summed E-state index contributed by atoms with van der Waals surface area (Å²) >= 11 is 0. The van der Waals surface area contributed by atoms with E-state index in [0.29, 0.717) is 4.90 Å². The number of hydrogen-bond donors (Lipinski definition) is 0. The van der Waals surface area contributed by atoms with Crippen molar-refractivity contribution in [1.82, 2.24) is 9.55 Å². The van der Waals surface area contributed by atoms with Crippen molar-refractivity contribution < 1.29 is 8.42 Å². The Labute approximate surface area is 123 Å². The molecule has 2 heterocycles. The average Bonchev–Trinajstić information content (AvgIpc) is 2.97. The summed E-state index contributed by atoms with van der Waals surface area (Å²) in [6, 6.07) is 14.7. The Balaban J connectivity index is 2.05. The predicted octanol–water partition coefficient (Wildman–Crippen LogP) is 2.94. The summed E-state index contributed by atoms with van der Waals surface area (Å²) < 4.78 is 25.0. The van der Waals surface area contributed by atoms with Crippen molar-refractivity contribution in [3.05, 3.63) is 67.1 Å². The molecular formula is C16H14N2O2S. The molecule has 3 rings (SSSR count). The van der Waals surface area contributed by atoms with E-state index in [1.54, 1.807) is 24.5 Å². The van der Waals surface area contributed by atoms with Crippen LogP contribution in [-0.4, -0.2) is 24.2 Å². The van der Waals surface area contributed by atoms with Gasteiger partial charge in [-0.25, -0.2) is 8.42 Å². The second kappa shape index (κ2) is 5.18. The van der Waals surface area contributed by atoms with Crippen LogP contribution in [0.4, 0.5) is 0 Å². The van der Waals surface area contributed by atoms with Gasteiger partial charge in [0.05, 0.1) is 22.5 Å². The number of aromatic nitrogens is 2. The topological polar surface area (TPSA) is 52.0 Å². The van der Waals surface area contributed by atoms with Crippen molar-refractivity contribution in [3.8, 4) is 16.9 Å². The number of benzene rings is 1. The van der Waals surface area contributed by atoms with Crippen LogP contribution in [0.15, 0.2) is 72.0 Å². The van der Waals surface area contributed by atoms with Gasteiger partial charge in [0.1, 0.15) is 0 Å². The Kier molecular flexibility index (Phi) is 3.35. The van der Waals surface area contributed by atoms with Crippen molar-refractivity contribution in [1.29, 1.82) is 0 Å². The fourth-order valence-corrected chi connectivity index (χ4v) is 2.84. The molecule has 4 nitrogen and oxygen atoms in total. The number of nitrogens with zero attached hydrogens (tertiary/aromatic N) is 2. The number of hydrogen-bond acceptors (Lipinski definition) is 3. The molecule has 0 aliphatic heterocycles. The van der Waals surface area contributed by atoms with Crippen LogP contribution >= 0.6 is 0 Å². The summed E-state index contributed by atoms with van der Waals surface area (Å²) in [5, 5.41) is 0. The SMILES string of the molecule is CS(=O)(=O)c1ccc(-c2cccn2-c2cccnc2)cc1. The van der Waals surface area contributed by atoms with Crippen LogP contribution in [0.5, 0.6) is 0 Å². The Bertz CT molecular complexity index is 851. The minimum atomic E-state index is -3.17. The van der Waals surface area contributed by atoms with E-state index in [0.717, 1.165) is 16.9 Å². The Hall–Kier alpha value is -2.40. The van der Waals surface area contributed by atoms with Gasteiger partial charge in [-0.05, 0) is 42.0 Å². The van der Waals surface area contributed by atoms with Crippen LogP contribution in [0.25, 0.3) is 16.9 Å². The standard InChI is InChI=1S/C16H14N2O2S/c1-21(19,20)15-8-6-13(7-9-15)16-5-3-11-18(16)14-4-2-10-17-12-14/h2-12H,1H3. The third-order valence-electron chi connectivity index (χ3n) is 3.25. The van der Waals surface area contributed by atoms with E-state index in [4.69, 9.17) is 0 Å². The fourth-order valence-electron chi connectivity index (χ4n) is 2.21. The first-order chi connectivity index (χ1) is 10.1. The first-order valence-electron chi connectivity index (χ1n) is 6.44. The molecule has 0 aliphatic carbocycles. The molecule has 0 saturated heterocycles. The maximum Gasteiger partial charge on any atom is 0.175 e. The van der Waals surface area contributed by atoms with Gasteiger partial charge in [-0.15, -0.1) is 0 Å². The molecule has 5 heteroatoms. The third-order valence-corrected chi connectivity index (χ3v) is 4.38. The van der Waals surface area contributed by atoms with E-state index in [9.17, 15) is 8.42 Å². The van der Waals surface area contributed by atoms with Crippen molar-refractivity contribution in [2.24, 2.45) is 0 Å². The van der Waals surface area contributed by atoms with Crippen LogP contribution < -0.4 is 0 Å². The molecular weight excluding hydrogens is 284 g/mol. The maximum atomic E-state index is 11.5. The molecule has 0 atom stereocenters. The molecule has 0 N–H and O–H groups in total. The van der Waals surface area contributed by atoms with E-state index >= 15 is 0 Å². The average molecular weight is 298 g/mol. The molecule has 106 valence electrons. The second-order valence-electron chi connectivity index (χ2n) is 4.77. The Morgan fingerprint density at radius 2 is 1.76 bits per heavy atom. The first-order valence-corrected chi connectivity index (χ1v) is 8.33. The molecule has 0 saturated carbocycles. The number of rotatable bonds is 3. The molecule has 0 bridgehead atoms. The number of pyridine rings is 1. The maximum absolute atomic E-state index is 11.5. The van der Waals surface area contributed by atoms with Gasteiger partial charge >= 0.3 is 0 Å². The van der Waals surface area contributed by atoms with Gasteiger partial charge in [0, 0.05) is 18.6 Å². The molecule has 21 heavy (non-hydrogen) atoms. The lowest BCUT2D eigenvalue weighted by Crippen LogP contribution is -1.98. The van der Waals surface area contributed by atoms with Gasteiger partial charge < -0.3 is 4.57 Å². The lowest BCUT2D eigenvalue weighted by Gasteiger charge is -2.09. The highest BCUT2D eigenvalue weighted by Crippen LogP contribution is 2.24. The van der Waals surface area contributed by atoms with Gasteiger partial charge in [-0.2, -0.15) is 0 Å². The quantitative estimate of drug-likeness (QED) is 0.747. The van der Waals surface area contributed by atoms with Crippen LogP contribution in [0, 0.1) is 0 Å². The zero-order valence-corrected chi connectivity index (χ0v) is 12.3. The molecule has 2 aromatic heterocycles. The molecule has 1 aromatic carbocycles. The molecule has 0 fully saturated rings. The lowest BCUT2D eigenvalue weighted by molar-refractivity contribution is 0.602. The van der Waals surface area contributed by atoms with Gasteiger partial charge in [0.15, 0.2) is 9.84 Å². The summed E-state index contributed by atoms with van der Waals surface area (Å²) in [4.78, 5) is 4.45. The summed E-state index contributed by atoms with van der Waals surface area (Å²) in [7, 11) is -3.17. The largest absolute Gasteiger partial charge is 0.315 e. The van der Waals surface area contributed by atoms with Gasteiger partial charge in [-0.3, -0.25) is 4.98 Å². The zero-order chi connectivity index (χ0) is 14.9. The van der Waals surface area contributed by atoms with E-state index in [1.165, 1.54) is 6.26 Å². The fraction of sp³-hybridized carbons (Fsp3) is 0.0625. The lowest BCUT2D eigenvalue weighted by atomic mass is 10.1. The van der Waals surface area contributed by atoms with Crippen molar-refractivity contribution in [3.63, 3.8) is 0 Å². The van der Waals surface area contributed by atoms with E-state index in [2.05, 4.69) is 4.98 Å². The van der Waals surface area contributed by atoms with Crippen LogP contribution in [0.2, 0.25) is 0 Å². The first kappa shape index (κ1) is 13.6. The van der Waals surface area contributed by atoms with Crippen LogP contribution in [-0.2, 0) is 9.84 Å². The van der Waals surface area contributed by atoms with E-state index in [1.807, 2.05) is 47.2 Å². The molecule has 0 aliphatic rings. The van der Waals surface area contributed by atoms with Crippen molar-refractivity contribution in [2.45, 2.75) is 4.90 Å². The molecule has 3 aromatic rings. The van der Waals surface area contributed by atoms with Gasteiger partial charge in [0.2, 0.25) is 0 Å². The van der Waals surface area contributed by atoms with Crippen molar-refractivity contribution in [2.75, 3.05) is 6.26 Å². The summed E-state index contributed by atoms with van der Waals surface area (Å²) in [6.07, 6.45) is 6.68. The Morgan fingerprint density at radius 1 is 1.00 bits per heavy atom. The summed E-state index contributed by atoms with van der Waals surface area (Å²) in [6.45, 7) is 0. The zero-order valence-electron chi connectivity index (χ0n) is 11.5. The van der Waals surface area contributed by atoms with Gasteiger partial charge in [-0.1, -0.05) is 12.1 Å². The highest BCUT2D eigenvalue weighted by atomic mass is 32.2. The smallest absolute Gasteiger partial charge is 0.175 e. The second-order valence-corrected chi connectivity index (χ2v) is 6.79. The molecule has 0 radical (unpaired) electrons. The van der Waals surface area contributed by atoms with E-state index in [-0.39, 0.29) is 0 Å². The van der Waals surface area contributed by atoms with Crippen molar-refractivity contribution >= 4 is 9.84 Å². The van der Waals surface area contributed by atoms with Crippen LogP contribution in [0.1, 0.15) is 0 Å². The minimum absolute atomic E-state index is 0.325. The normalized spacial score (nSPS) is 11.5. The van der Waals surface area contributed by atoms with Gasteiger partial charge in [0.25, 0.3) is 0 Å². The monoisotopic (exact) mass is 298 g/mol. The predicted molar refractivity (Wildman–Crippen MR) is 82.1 cm³/mol. The highest BCUT2D eigenvalue weighted by molar-refractivity contribution is 7.90. The Morgan fingerprint density at radius 3 is 2.38 bits per heavy atom. The molecule has 0 spiro atoms. The molecule has 0 amide bonds. The van der Waals surface area contributed by atoms with Crippen LogP contribution in [0.3, 0.4) is 0 Å². The summed E-state index contributed by atoms with van der Waals surface area (Å²) in [5.74, 6) is 0. The highest BCUT2D eigenvalue weighted by Gasteiger charge is 2.09. The van der Waals surface area contributed by atoms with E-state index < -0.39 is 9.84 Å². The summed E-state index contributed by atoms with van der Waals surface area (Å²) in [5.41, 5.74) is 2.91. The molecule has 0 unspecified atom stereocenters. The number of sulfone groups is 1. The minimum Gasteiger partial charge on any atom is -0.315 e.